The molecule has 0 aliphatic carbocycles. The van der Waals surface area contributed by atoms with E-state index in [1.165, 1.54) is 18.2 Å². The number of halogens is 3. The van der Waals surface area contributed by atoms with Crippen LogP contribution in [-0.2, 0) is 14.8 Å². The van der Waals surface area contributed by atoms with E-state index in [1.54, 1.807) is 0 Å². The molecule has 0 saturated carbocycles. The van der Waals surface area contributed by atoms with Crippen LogP contribution in [0.4, 0.5) is 4.39 Å². The van der Waals surface area contributed by atoms with E-state index in [4.69, 9.17) is 32.7 Å². The number of hydrogen-bond donors (Lipinski definition) is 0. The highest BCUT2D eigenvalue weighted by molar-refractivity contribution is 7.89. The maximum Gasteiger partial charge on any atom is 0.343 e. The number of ether oxygens (including phenoxy) is 2. The third kappa shape index (κ3) is 4.25. The summed E-state index contributed by atoms with van der Waals surface area (Å²) in [7, 11) is -4.11. The van der Waals surface area contributed by atoms with Crippen molar-refractivity contribution in [2.24, 2.45) is 0 Å². The van der Waals surface area contributed by atoms with Gasteiger partial charge in [-0.05, 0) is 30.3 Å². The first kappa shape index (κ1) is 20.0. The Morgan fingerprint density at radius 2 is 1.85 bits per heavy atom. The second kappa shape index (κ2) is 8.12. The zero-order valence-electron chi connectivity index (χ0n) is 13.8. The molecular formula is C17H14Cl2FNO5S. The molecule has 2 aromatic carbocycles. The van der Waals surface area contributed by atoms with E-state index >= 15 is 0 Å². The molecule has 6 nitrogen and oxygen atoms in total. The summed E-state index contributed by atoms with van der Waals surface area (Å²) in [5.41, 5.74) is -0.140. The lowest BCUT2D eigenvalue weighted by atomic mass is 10.2. The van der Waals surface area contributed by atoms with Crippen LogP contribution in [0.25, 0.3) is 0 Å². The molecule has 3 rings (SSSR count). The van der Waals surface area contributed by atoms with Crippen LogP contribution in [-0.4, -0.2) is 45.0 Å². The molecule has 0 unspecified atom stereocenters. The number of carbonyl (C=O) groups excluding carboxylic acids is 1. The molecule has 1 heterocycles. The van der Waals surface area contributed by atoms with Crippen LogP contribution in [0.1, 0.15) is 10.4 Å². The van der Waals surface area contributed by atoms with Gasteiger partial charge in [0.25, 0.3) is 0 Å². The first-order chi connectivity index (χ1) is 12.8. The predicted molar refractivity (Wildman–Crippen MR) is 97.4 cm³/mol. The Morgan fingerprint density at radius 3 is 2.56 bits per heavy atom. The van der Waals surface area contributed by atoms with Crippen molar-refractivity contribution in [3.63, 3.8) is 0 Å². The van der Waals surface area contributed by atoms with Gasteiger partial charge in [-0.3, -0.25) is 0 Å². The SMILES string of the molecule is O=C(Oc1cccc(Cl)c1Cl)c1ccc(F)c(S(=O)(=O)N2CCOCC2)c1. The van der Waals surface area contributed by atoms with Gasteiger partial charge in [-0.15, -0.1) is 0 Å². The highest BCUT2D eigenvalue weighted by atomic mass is 35.5. The number of hydrogen-bond acceptors (Lipinski definition) is 5. The minimum absolute atomic E-state index is 0.0103. The van der Waals surface area contributed by atoms with Crippen LogP contribution >= 0.6 is 23.2 Å². The fourth-order valence-electron chi connectivity index (χ4n) is 2.48. The summed E-state index contributed by atoms with van der Waals surface area (Å²) in [5.74, 6) is -1.84. The second-order valence-electron chi connectivity index (χ2n) is 5.60. The number of benzene rings is 2. The number of nitrogens with zero attached hydrogens (tertiary/aromatic N) is 1. The maximum atomic E-state index is 14.2. The molecule has 0 aromatic heterocycles. The largest absolute Gasteiger partial charge is 0.421 e. The average Bonchev–Trinajstić information content (AvgIpc) is 2.66. The minimum Gasteiger partial charge on any atom is -0.421 e. The Bertz CT molecular complexity index is 977. The van der Waals surface area contributed by atoms with Gasteiger partial charge in [0.15, 0.2) is 5.75 Å². The number of carbonyl (C=O) groups is 1. The van der Waals surface area contributed by atoms with E-state index in [0.717, 1.165) is 22.5 Å². The van der Waals surface area contributed by atoms with Crippen LogP contribution < -0.4 is 4.74 Å². The molecule has 2 aromatic rings. The molecular weight excluding hydrogens is 420 g/mol. The van der Waals surface area contributed by atoms with Gasteiger partial charge in [0.2, 0.25) is 10.0 Å². The quantitative estimate of drug-likeness (QED) is 0.545. The first-order valence-corrected chi connectivity index (χ1v) is 10.0. The molecule has 10 heteroatoms. The van der Waals surface area contributed by atoms with Crippen molar-refractivity contribution in [1.29, 1.82) is 0 Å². The number of rotatable bonds is 4. The van der Waals surface area contributed by atoms with Crippen molar-refractivity contribution >= 4 is 39.2 Å². The number of morpholine rings is 1. The molecule has 1 aliphatic rings. The summed E-state index contributed by atoms with van der Waals surface area (Å²) in [6.07, 6.45) is 0. The third-order valence-electron chi connectivity index (χ3n) is 3.87. The standard InChI is InChI=1S/C17H14Cl2FNO5S/c18-12-2-1-3-14(16(12)19)26-17(22)11-4-5-13(20)15(10-11)27(23,24)21-6-8-25-9-7-21/h1-5,10H,6-9H2. The fourth-order valence-corrected chi connectivity index (χ4v) is 4.30. The lowest BCUT2D eigenvalue weighted by molar-refractivity contribution is 0.0726. The molecule has 1 aliphatic heterocycles. The van der Waals surface area contributed by atoms with Gasteiger partial charge >= 0.3 is 5.97 Å². The van der Waals surface area contributed by atoms with E-state index in [9.17, 15) is 17.6 Å². The molecule has 1 fully saturated rings. The Labute approximate surface area is 165 Å². The number of sulfonamides is 1. The summed E-state index contributed by atoms with van der Waals surface area (Å²) < 4.78 is 50.9. The van der Waals surface area contributed by atoms with Gasteiger partial charge in [0.05, 0.1) is 23.8 Å². The minimum atomic E-state index is -4.11. The van der Waals surface area contributed by atoms with Crippen molar-refractivity contribution in [2.45, 2.75) is 4.90 Å². The fraction of sp³-hybridized carbons (Fsp3) is 0.235. The molecule has 0 atom stereocenters. The lowest BCUT2D eigenvalue weighted by Crippen LogP contribution is -2.41. The van der Waals surface area contributed by atoms with Crippen molar-refractivity contribution in [3.8, 4) is 5.75 Å². The summed E-state index contributed by atoms with van der Waals surface area (Å²) in [6.45, 7) is 0.648. The van der Waals surface area contributed by atoms with Crippen LogP contribution in [0.15, 0.2) is 41.3 Å². The van der Waals surface area contributed by atoms with E-state index in [1.807, 2.05) is 0 Å². The Morgan fingerprint density at radius 1 is 1.15 bits per heavy atom. The molecule has 0 radical (unpaired) electrons. The van der Waals surface area contributed by atoms with Gasteiger partial charge in [-0.1, -0.05) is 29.3 Å². The van der Waals surface area contributed by atoms with Crippen molar-refractivity contribution in [3.05, 3.63) is 57.8 Å². The Hall–Kier alpha value is -1.71. The van der Waals surface area contributed by atoms with Crippen LogP contribution in [0.2, 0.25) is 10.0 Å². The summed E-state index contributed by atoms with van der Waals surface area (Å²) in [4.78, 5) is 11.8. The molecule has 0 spiro atoms. The first-order valence-electron chi connectivity index (χ1n) is 7.84. The third-order valence-corrected chi connectivity index (χ3v) is 6.59. The Balaban J connectivity index is 1.90. The van der Waals surface area contributed by atoms with Gasteiger partial charge in [-0.25, -0.2) is 17.6 Å². The monoisotopic (exact) mass is 433 g/mol. The van der Waals surface area contributed by atoms with Crippen molar-refractivity contribution in [1.82, 2.24) is 4.31 Å². The highest BCUT2D eigenvalue weighted by Gasteiger charge is 2.30. The van der Waals surface area contributed by atoms with Gasteiger partial charge in [0.1, 0.15) is 15.7 Å². The van der Waals surface area contributed by atoms with E-state index in [2.05, 4.69) is 0 Å². The van der Waals surface area contributed by atoms with Crippen LogP contribution in [0.3, 0.4) is 0 Å². The zero-order valence-corrected chi connectivity index (χ0v) is 16.2. The second-order valence-corrected chi connectivity index (χ2v) is 8.29. The van der Waals surface area contributed by atoms with Crippen molar-refractivity contribution < 1.29 is 27.1 Å². The molecule has 27 heavy (non-hydrogen) atoms. The Kier molecular flexibility index (Phi) is 6.02. The van der Waals surface area contributed by atoms with E-state index < -0.39 is 26.7 Å². The normalized spacial score (nSPS) is 15.5. The zero-order chi connectivity index (χ0) is 19.6. The van der Waals surface area contributed by atoms with Gasteiger partial charge in [0, 0.05) is 13.1 Å². The summed E-state index contributed by atoms with van der Waals surface area (Å²) in [6, 6.07) is 7.47. The predicted octanol–water partition coefficient (Wildman–Crippen LogP) is 3.37. The maximum absolute atomic E-state index is 14.2. The number of esters is 1. The molecule has 1 saturated heterocycles. The van der Waals surface area contributed by atoms with Gasteiger partial charge < -0.3 is 9.47 Å². The molecule has 0 bridgehead atoms. The molecule has 0 amide bonds. The van der Waals surface area contributed by atoms with Crippen molar-refractivity contribution in [2.75, 3.05) is 26.3 Å². The summed E-state index contributed by atoms with van der Waals surface area (Å²) in [5, 5.41) is 0.229. The molecule has 0 N–H and O–H groups in total. The summed E-state index contributed by atoms with van der Waals surface area (Å²) >= 11 is 11.8. The molecule has 144 valence electrons. The highest BCUT2D eigenvalue weighted by Crippen LogP contribution is 2.32. The van der Waals surface area contributed by atoms with Crippen LogP contribution in [0.5, 0.6) is 5.75 Å². The average molecular weight is 434 g/mol. The lowest BCUT2D eigenvalue weighted by Gasteiger charge is -2.26. The van der Waals surface area contributed by atoms with E-state index in [0.29, 0.717) is 0 Å². The smallest absolute Gasteiger partial charge is 0.343 e. The van der Waals surface area contributed by atoms with Gasteiger partial charge in [-0.2, -0.15) is 4.31 Å². The van der Waals surface area contributed by atoms with Crippen LogP contribution in [0, 0.1) is 5.82 Å². The topological polar surface area (TPSA) is 72.9 Å². The van der Waals surface area contributed by atoms with E-state index in [-0.39, 0.29) is 47.7 Å².